The summed E-state index contributed by atoms with van der Waals surface area (Å²) in [5, 5.41) is 3.31. The standard InChI is InChI=1S/C24H36F4N6/c1-14-7-18-17(3-4-21-19(18)10-30-32-21)24(34(14)13-22(27)28)23-20(26)8-15(9-29-23)31-16-11-33(12-16)6-2-5-25/h8-9,14,16-19,21-22,24,30-32H,2-7,10-13H2,1H3/t14-,17?,18?,19?,21?,24+/m1/s1. The van der Waals surface area contributed by atoms with Crippen LogP contribution in [0.4, 0.5) is 23.2 Å². The summed E-state index contributed by atoms with van der Waals surface area (Å²) in [6.07, 6.45) is 2.37. The highest BCUT2D eigenvalue weighted by Crippen LogP contribution is 2.51. The average molecular weight is 485 g/mol. The molecule has 4 aliphatic rings. The second-order valence-electron chi connectivity index (χ2n) is 10.6. The Hall–Kier alpha value is -1.49. The van der Waals surface area contributed by atoms with E-state index < -0.39 is 18.3 Å². The molecule has 0 amide bonds. The highest BCUT2D eigenvalue weighted by Gasteiger charge is 2.51. The minimum atomic E-state index is -2.48. The molecule has 4 unspecified atom stereocenters. The minimum absolute atomic E-state index is 0.0659. The Morgan fingerprint density at radius 2 is 2.03 bits per heavy atom. The van der Waals surface area contributed by atoms with Crippen LogP contribution >= 0.6 is 0 Å². The Labute approximate surface area is 198 Å². The first-order chi connectivity index (χ1) is 16.4. The highest BCUT2D eigenvalue weighted by atomic mass is 19.3. The van der Waals surface area contributed by atoms with Crippen LogP contribution in [0.15, 0.2) is 12.3 Å². The van der Waals surface area contributed by atoms with Crippen LogP contribution in [0.2, 0.25) is 0 Å². The number of hydrogen-bond acceptors (Lipinski definition) is 6. The zero-order valence-electron chi connectivity index (χ0n) is 19.7. The van der Waals surface area contributed by atoms with Gasteiger partial charge in [-0.25, -0.2) is 13.2 Å². The van der Waals surface area contributed by atoms with E-state index in [9.17, 15) is 13.2 Å². The molecule has 0 radical (unpaired) electrons. The van der Waals surface area contributed by atoms with Crippen LogP contribution in [-0.4, -0.2) is 78.7 Å². The number of aromatic nitrogens is 1. The Balaban J connectivity index is 1.34. The number of nitrogens with one attached hydrogen (secondary N) is 3. The van der Waals surface area contributed by atoms with Gasteiger partial charge in [-0.3, -0.25) is 30.0 Å². The number of fused-ring (bicyclic) bond motifs is 3. The molecule has 6 atom stereocenters. The minimum Gasteiger partial charge on any atom is -0.378 e. The van der Waals surface area contributed by atoms with Gasteiger partial charge in [-0.05, 0) is 50.4 Å². The van der Waals surface area contributed by atoms with E-state index in [0.29, 0.717) is 35.7 Å². The van der Waals surface area contributed by atoms with Gasteiger partial charge in [0.15, 0.2) is 0 Å². The number of piperidine rings is 1. The predicted molar refractivity (Wildman–Crippen MR) is 123 cm³/mol. The average Bonchev–Trinajstić information content (AvgIpc) is 3.25. The van der Waals surface area contributed by atoms with Crippen molar-refractivity contribution in [2.45, 2.75) is 63.2 Å². The molecule has 3 saturated heterocycles. The molecule has 34 heavy (non-hydrogen) atoms. The largest absolute Gasteiger partial charge is 0.378 e. The van der Waals surface area contributed by atoms with Crippen molar-refractivity contribution in [1.29, 1.82) is 0 Å². The second-order valence-corrected chi connectivity index (χ2v) is 10.6. The molecule has 6 nitrogen and oxygen atoms in total. The smallest absolute Gasteiger partial charge is 0.251 e. The van der Waals surface area contributed by atoms with Crippen molar-refractivity contribution in [1.82, 2.24) is 25.6 Å². The molecule has 10 heteroatoms. The number of anilines is 1. The van der Waals surface area contributed by atoms with Gasteiger partial charge in [0, 0.05) is 44.3 Å². The van der Waals surface area contributed by atoms with Crippen LogP contribution in [0.5, 0.6) is 0 Å². The number of alkyl halides is 3. The van der Waals surface area contributed by atoms with Crippen LogP contribution in [0.1, 0.15) is 44.3 Å². The maximum absolute atomic E-state index is 15.5. The van der Waals surface area contributed by atoms with E-state index >= 15 is 4.39 Å². The third kappa shape index (κ3) is 4.79. The van der Waals surface area contributed by atoms with Crippen molar-refractivity contribution in [3.63, 3.8) is 0 Å². The van der Waals surface area contributed by atoms with Crippen molar-refractivity contribution in [3.05, 3.63) is 23.8 Å². The summed E-state index contributed by atoms with van der Waals surface area (Å²) in [6.45, 7) is 4.49. The number of likely N-dealkylation sites (tertiary alicyclic amines) is 2. The molecule has 5 rings (SSSR count). The number of nitrogens with zero attached hydrogens (tertiary/aromatic N) is 3. The summed E-state index contributed by atoms with van der Waals surface area (Å²) >= 11 is 0. The monoisotopic (exact) mass is 484 g/mol. The molecular weight excluding hydrogens is 448 g/mol. The topological polar surface area (TPSA) is 55.5 Å². The lowest BCUT2D eigenvalue weighted by Gasteiger charge is -2.53. The molecule has 4 fully saturated rings. The maximum atomic E-state index is 15.5. The van der Waals surface area contributed by atoms with Gasteiger partial charge in [0.2, 0.25) is 0 Å². The van der Waals surface area contributed by atoms with Gasteiger partial charge >= 0.3 is 0 Å². The molecule has 1 aromatic heterocycles. The van der Waals surface area contributed by atoms with E-state index in [4.69, 9.17) is 0 Å². The maximum Gasteiger partial charge on any atom is 0.251 e. The molecule has 1 saturated carbocycles. The fraction of sp³-hybridized carbons (Fsp3) is 0.792. The number of halogens is 4. The number of rotatable bonds is 8. The van der Waals surface area contributed by atoms with E-state index in [1.807, 2.05) is 6.92 Å². The summed E-state index contributed by atoms with van der Waals surface area (Å²) in [4.78, 5) is 8.49. The van der Waals surface area contributed by atoms with Gasteiger partial charge in [0.05, 0.1) is 42.9 Å². The van der Waals surface area contributed by atoms with Gasteiger partial charge in [-0.1, -0.05) is 0 Å². The second kappa shape index (κ2) is 10.2. The van der Waals surface area contributed by atoms with Crippen molar-refractivity contribution < 1.29 is 17.6 Å². The van der Waals surface area contributed by atoms with Gasteiger partial charge < -0.3 is 5.32 Å². The third-order valence-electron chi connectivity index (χ3n) is 8.43. The van der Waals surface area contributed by atoms with Gasteiger partial charge in [-0.2, -0.15) is 0 Å². The van der Waals surface area contributed by atoms with Gasteiger partial charge in [0.25, 0.3) is 6.43 Å². The van der Waals surface area contributed by atoms with Crippen LogP contribution < -0.4 is 16.2 Å². The number of hydrogen-bond donors (Lipinski definition) is 3. The van der Waals surface area contributed by atoms with Crippen molar-refractivity contribution in [2.75, 3.05) is 44.7 Å². The fourth-order valence-corrected chi connectivity index (χ4v) is 6.91. The van der Waals surface area contributed by atoms with Crippen molar-refractivity contribution >= 4 is 5.69 Å². The molecular formula is C24H36F4N6. The lowest BCUT2D eigenvalue weighted by atomic mass is 9.62. The van der Waals surface area contributed by atoms with Gasteiger partial charge in [-0.15, -0.1) is 0 Å². The molecule has 1 aliphatic carbocycles. The first-order valence-electron chi connectivity index (χ1n) is 12.7. The van der Waals surface area contributed by atoms with E-state index in [-0.39, 0.29) is 31.2 Å². The van der Waals surface area contributed by atoms with E-state index in [1.54, 1.807) is 11.1 Å². The van der Waals surface area contributed by atoms with Gasteiger partial charge in [0.1, 0.15) is 5.82 Å². The summed E-state index contributed by atoms with van der Waals surface area (Å²) in [6, 6.07) is 1.53. The summed E-state index contributed by atoms with van der Waals surface area (Å²) < 4.78 is 55.0. The summed E-state index contributed by atoms with van der Waals surface area (Å²) in [7, 11) is 0. The van der Waals surface area contributed by atoms with Crippen molar-refractivity contribution in [2.24, 2.45) is 17.8 Å². The predicted octanol–water partition coefficient (Wildman–Crippen LogP) is 3.20. The zero-order valence-corrected chi connectivity index (χ0v) is 19.7. The molecule has 0 spiro atoms. The molecule has 0 bridgehead atoms. The molecule has 0 aromatic carbocycles. The molecule has 190 valence electrons. The number of pyridine rings is 1. The van der Waals surface area contributed by atoms with Crippen LogP contribution in [-0.2, 0) is 0 Å². The highest BCUT2D eigenvalue weighted by molar-refractivity contribution is 5.44. The molecule has 4 heterocycles. The first-order valence-corrected chi connectivity index (χ1v) is 12.7. The van der Waals surface area contributed by atoms with E-state index in [0.717, 1.165) is 45.4 Å². The lowest BCUT2D eigenvalue weighted by Crippen LogP contribution is -2.55. The molecule has 3 aliphatic heterocycles. The van der Waals surface area contributed by atoms with Crippen LogP contribution in [0.25, 0.3) is 0 Å². The van der Waals surface area contributed by atoms with Crippen LogP contribution in [0.3, 0.4) is 0 Å². The third-order valence-corrected chi connectivity index (χ3v) is 8.43. The van der Waals surface area contributed by atoms with E-state index in [1.165, 1.54) is 6.07 Å². The SMILES string of the molecule is C[C@@H]1CC2C3CNNC3CCC2[C@@H](c2ncc(NC3CN(CCCF)C3)cc2F)N1CC(F)F. The zero-order chi connectivity index (χ0) is 23.8. The molecule has 1 aromatic rings. The summed E-state index contributed by atoms with van der Waals surface area (Å²) in [5.74, 6) is 0.453. The number of hydrazine groups is 1. The summed E-state index contributed by atoms with van der Waals surface area (Å²) in [5.41, 5.74) is 7.53. The molecule has 3 N–H and O–H groups in total. The first kappa shape index (κ1) is 24.2. The Bertz CT molecular complexity index is 838. The van der Waals surface area contributed by atoms with Crippen LogP contribution in [0, 0.1) is 23.6 Å². The fourth-order valence-electron chi connectivity index (χ4n) is 6.91. The quantitative estimate of drug-likeness (QED) is 0.493. The Kier molecular flexibility index (Phi) is 7.30. The van der Waals surface area contributed by atoms with E-state index in [2.05, 4.69) is 26.1 Å². The Morgan fingerprint density at radius 1 is 1.21 bits per heavy atom. The normalized spacial score (nSPS) is 34.6. The lowest BCUT2D eigenvalue weighted by molar-refractivity contribution is -0.0636. The van der Waals surface area contributed by atoms with Crippen molar-refractivity contribution in [3.8, 4) is 0 Å². The Morgan fingerprint density at radius 3 is 2.76 bits per heavy atom.